The van der Waals surface area contributed by atoms with Crippen LogP contribution < -0.4 is 15.4 Å². The second-order valence-electron chi connectivity index (χ2n) is 7.68. The predicted molar refractivity (Wildman–Crippen MR) is 115 cm³/mol. The predicted octanol–water partition coefficient (Wildman–Crippen LogP) is 4.01. The fourth-order valence-electron chi connectivity index (χ4n) is 3.17. The first kappa shape index (κ1) is 20.7. The summed E-state index contributed by atoms with van der Waals surface area (Å²) in [4.78, 5) is 26.6. The molecule has 1 aliphatic rings. The minimum atomic E-state index is -0.165. The number of ether oxygens (including phenoxy) is 1. The van der Waals surface area contributed by atoms with Crippen LogP contribution in [0.15, 0.2) is 48.5 Å². The van der Waals surface area contributed by atoms with Crippen molar-refractivity contribution < 1.29 is 14.3 Å². The molecule has 1 aliphatic heterocycles. The van der Waals surface area contributed by atoms with Crippen molar-refractivity contribution >= 4 is 23.2 Å². The molecular weight excluding hydrogens is 366 g/mol. The number of carbonyl (C=O) groups excluding carboxylic acids is 2. The third-order valence-electron chi connectivity index (χ3n) is 4.71. The first-order chi connectivity index (χ1) is 14.0. The zero-order valence-electron chi connectivity index (χ0n) is 17.1. The van der Waals surface area contributed by atoms with Crippen molar-refractivity contribution in [3.8, 4) is 5.75 Å². The first-order valence-electron chi connectivity index (χ1n) is 10.2. The molecular formula is C23H29N3O3. The van der Waals surface area contributed by atoms with E-state index in [4.69, 9.17) is 4.74 Å². The number of para-hydroxylation sites is 2. The molecule has 0 radical (unpaired) electrons. The maximum absolute atomic E-state index is 12.4. The van der Waals surface area contributed by atoms with E-state index < -0.39 is 0 Å². The summed E-state index contributed by atoms with van der Waals surface area (Å²) in [6.45, 7) is 6.57. The molecule has 0 saturated carbocycles. The van der Waals surface area contributed by atoms with E-state index in [0.29, 0.717) is 23.8 Å². The standard InChI is InChI=1S/C23H29N3O3/c1-17(2)16-29-21-8-4-3-7-20(21)24-15-22(27)25-19-11-9-18(10-12-19)23(28)26-13-5-6-14-26/h3-4,7-12,17,24H,5-6,13-16H2,1-2H3,(H,25,27). The molecule has 0 aliphatic carbocycles. The monoisotopic (exact) mass is 395 g/mol. The quantitative estimate of drug-likeness (QED) is 0.709. The second kappa shape index (κ2) is 9.96. The van der Waals surface area contributed by atoms with Crippen molar-refractivity contribution in [2.45, 2.75) is 26.7 Å². The molecule has 2 aromatic carbocycles. The lowest BCUT2D eigenvalue weighted by atomic mass is 10.2. The van der Waals surface area contributed by atoms with E-state index in [2.05, 4.69) is 24.5 Å². The van der Waals surface area contributed by atoms with Crippen LogP contribution in [0.25, 0.3) is 0 Å². The van der Waals surface area contributed by atoms with Gasteiger partial charge in [-0.15, -0.1) is 0 Å². The summed E-state index contributed by atoms with van der Waals surface area (Å²) in [5.74, 6) is 1.05. The Hall–Kier alpha value is -3.02. The van der Waals surface area contributed by atoms with Crippen LogP contribution in [0.3, 0.4) is 0 Å². The van der Waals surface area contributed by atoms with Crippen LogP contribution in [0.2, 0.25) is 0 Å². The number of rotatable bonds is 8. The summed E-state index contributed by atoms with van der Waals surface area (Å²) in [6.07, 6.45) is 2.14. The van der Waals surface area contributed by atoms with Gasteiger partial charge in [0.15, 0.2) is 0 Å². The van der Waals surface area contributed by atoms with Gasteiger partial charge in [0, 0.05) is 24.3 Å². The molecule has 0 unspecified atom stereocenters. The molecule has 6 heteroatoms. The maximum Gasteiger partial charge on any atom is 0.253 e. The van der Waals surface area contributed by atoms with Crippen LogP contribution in [0.5, 0.6) is 5.75 Å². The van der Waals surface area contributed by atoms with E-state index in [0.717, 1.165) is 37.4 Å². The van der Waals surface area contributed by atoms with Gasteiger partial charge in [0.2, 0.25) is 5.91 Å². The Morgan fingerprint density at radius 2 is 1.72 bits per heavy atom. The maximum atomic E-state index is 12.4. The van der Waals surface area contributed by atoms with Crippen LogP contribution >= 0.6 is 0 Å². The zero-order valence-corrected chi connectivity index (χ0v) is 17.1. The molecule has 29 heavy (non-hydrogen) atoms. The molecule has 2 aromatic rings. The molecule has 0 atom stereocenters. The van der Waals surface area contributed by atoms with Crippen LogP contribution in [-0.4, -0.2) is 43.0 Å². The molecule has 154 valence electrons. The normalized spacial score (nSPS) is 13.4. The van der Waals surface area contributed by atoms with Crippen molar-refractivity contribution in [1.82, 2.24) is 4.90 Å². The summed E-state index contributed by atoms with van der Waals surface area (Å²) < 4.78 is 5.80. The van der Waals surface area contributed by atoms with Crippen LogP contribution in [0.1, 0.15) is 37.0 Å². The topological polar surface area (TPSA) is 70.7 Å². The highest BCUT2D eigenvalue weighted by Crippen LogP contribution is 2.24. The number of carbonyl (C=O) groups is 2. The third-order valence-corrected chi connectivity index (χ3v) is 4.71. The van der Waals surface area contributed by atoms with E-state index in [1.165, 1.54) is 0 Å². The third kappa shape index (κ3) is 5.98. The van der Waals surface area contributed by atoms with Gasteiger partial charge in [-0.2, -0.15) is 0 Å². The van der Waals surface area contributed by atoms with Gasteiger partial charge in [0.1, 0.15) is 5.75 Å². The van der Waals surface area contributed by atoms with Gasteiger partial charge in [-0.05, 0) is 55.2 Å². The minimum Gasteiger partial charge on any atom is -0.491 e. The Bertz CT molecular complexity index is 828. The van der Waals surface area contributed by atoms with Gasteiger partial charge in [-0.25, -0.2) is 0 Å². The summed E-state index contributed by atoms with van der Waals surface area (Å²) in [6, 6.07) is 14.6. The highest BCUT2D eigenvalue weighted by atomic mass is 16.5. The Balaban J connectivity index is 1.51. The van der Waals surface area contributed by atoms with Crippen molar-refractivity contribution in [3.63, 3.8) is 0 Å². The number of hydrogen-bond acceptors (Lipinski definition) is 4. The molecule has 0 aromatic heterocycles. The van der Waals surface area contributed by atoms with Gasteiger partial charge >= 0.3 is 0 Å². The van der Waals surface area contributed by atoms with Gasteiger partial charge in [0.05, 0.1) is 18.8 Å². The summed E-state index contributed by atoms with van der Waals surface area (Å²) in [5.41, 5.74) is 2.10. The van der Waals surface area contributed by atoms with Gasteiger partial charge in [-0.3, -0.25) is 9.59 Å². The lowest BCUT2D eigenvalue weighted by molar-refractivity contribution is -0.114. The molecule has 0 spiro atoms. The highest BCUT2D eigenvalue weighted by Gasteiger charge is 2.19. The number of nitrogens with one attached hydrogen (secondary N) is 2. The molecule has 6 nitrogen and oxygen atoms in total. The summed E-state index contributed by atoms with van der Waals surface area (Å²) >= 11 is 0. The lowest BCUT2D eigenvalue weighted by Crippen LogP contribution is -2.27. The second-order valence-corrected chi connectivity index (χ2v) is 7.68. The largest absolute Gasteiger partial charge is 0.491 e. The molecule has 0 bridgehead atoms. The lowest BCUT2D eigenvalue weighted by Gasteiger charge is -2.16. The van der Waals surface area contributed by atoms with Gasteiger partial charge in [-0.1, -0.05) is 26.0 Å². The summed E-state index contributed by atoms with van der Waals surface area (Å²) in [7, 11) is 0. The van der Waals surface area contributed by atoms with Crippen molar-refractivity contribution in [2.24, 2.45) is 5.92 Å². The highest BCUT2D eigenvalue weighted by molar-refractivity contribution is 5.96. The van der Waals surface area contributed by atoms with E-state index >= 15 is 0 Å². The SMILES string of the molecule is CC(C)COc1ccccc1NCC(=O)Nc1ccc(C(=O)N2CCCC2)cc1. The zero-order chi connectivity index (χ0) is 20.6. The van der Waals surface area contributed by atoms with Gasteiger partial charge < -0.3 is 20.3 Å². The van der Waals surface area contributed by atoms with Crippen molar-refractivity contribution in [1.29, 1.82) is 0 Å². The summed E-state index contributed by atoms with van der Waals surface area (Å²) in [5, 5.41) is 5.98. The smallest absolute Gasteiger partial charge is 0.253 e. The number of likely N-dealkylation sites (tertiary alicyclic amines) is 1. The number of hydrogen-bond donors (Lipinski definition) is 2. The van der Waals surface area contributed by atoms with E-state index in [1.54, 1.807) is 24.3 Å². The molecule has 1 heterocycles. The number of benzene rings is 2. The molecule has 3 rings (SSSR count). The fourth-order valence-corrected chi connectivity index (χ4v) is 3.17. The van der Waals surface area contributed by atoms with Crippen molar-refractivity contribution in [2.75, 3.05) is 36.9 Å². The Morgan fingerprint density at radius 3 is 2.41 bits per heavy atom. The van der Waals surface area contributed by atoms with Crippen molar-refractivity contribution in [3.05, 3.63) is 54.1 Å². The average molecular weight is 396 g/mol. The molecule has 2 amide bonds. The molecule has 2 N–H and O–H groups in total. The fraction of sp³-hybridized carbons (Fsp3) is 0.391. The minimum absolute atomic E-state index is 0.0556. The number of amides is 2. The Labute approximate surface area is 172 Å². The van der Waals surface area contributed by atoms with Crippen LogP contribution in [0.4, 0.5) is 11.4 Å². The first-order valence-corrected chi connectivity index (χ1v) is 10.2. The Morgan fingerprint density at radius 1 is 1.03 bits per heavy atom. The van der Waals surface area contributed by atoms with E-state index in [1.807, 2.05) is 29.2 Å². The van der Waals surface area contributed by atoms with E-state index in [-0.39, 0.29) is 18.4 Å². The Kier molecular flexibility index (Phi) is 7.11. The van der Waals surface area contributed by atoms with Crippen LogP contribution in [-0.2, 0) is 4.79 Å². The van der Waals surface area contributed by atoms with Crippen LogP contribution in [0, 0.1) is 5.92 Å². The van der Waals surface area contributed by atoms with Gasteiger partial charge in [0.25, 0.3) is 5.91 Å². The average Bonchev–Trinajstić information content (AvgIpc) is 3.26. The number of nitrogens with zero attached hydrogens (tertiary/aromatic N) is 1. The van der Waals surface area contributed by atoms with E-state index in [9.17, 15) is 9.59 Å². The molecule has 1 saturated heterocycles. The number of anilines is 2. The molecule has 1 fully saturated rings.